The van der Waals surface area contributed by atoms with Crippen LogP contribution >= 0.6 is 22.7 Å². The van der Waals surface area contributed by atoms with E-state index in [9.17, 15) is 9.59 Å². The highest BCUT2D eigenvalue weighted by Crippen LogP contribution is 2.12. The lowest BCUT2D eigenvalue weighted by Gasteiger charge is -2.20. The largest absolute Gasteiger partial charge is 0.351 e. The van der Waals surface area contributed by atoms with Crippen LogP contribution < -0.4 is 5.32 Å². The van der Waals surface area contributed by atoms with Crippen LogP contribution in [0.15, 0.2) is 47.0 Å². The maximum Gasteiger partial charge on any atom is 0.252 e. The summed E-state index contributed by atoms with van der Waals surface area (Å²) in [7, 11) is 0. The predicted octanol–water partition coefficient (Wildman–Crippen LogP) is 3.14. The van der Waals surface area contributed by atoms with E-state index in [4.69, 9.17) is 0 Å². The lowest BCUT2D eigenvalue weighted by Crippen LogP contribution is -2.34. The second kappa shape index (κ2) is 8.51. The van der Waals surface area contributed by atoms with Gasteiger partial charge >= 0.3 is 0 Å². The molecule has 2 rings (SSSR count). The average Bonchev–Trinajstić information content (AvgIpc) is 3.20. The summed E-state index contributed by atoms with van der Waals surface area (Å²) >= 11 is 3.10. The Balaban J connectivity index is 1.80. The van der Waals surface area contributed by atoms with Crippen molar-refractivity contribution in [3.05, 3.63) is 57.4 Å². The number of hydrogen-bond acceptors (Lipinski definition) is 4. The second-order valence-electron chi connectivity index (χ2n) is 4.66. The van der Waals surface area contributed by atoms with Crippen LogP contribution in [-0.2, 0) is 11.3 Å². The molecule has 0 atom stereocenters. The quantitative estimate of drug-likeness (QED) is 0.754. The van der Waals surface area contributed by atoms with Gasteiger partial charge in [0.1, 0.15) is 0 Å². The number of carbonyl (C=O) groups is 2. The van der Waals surface area contributed by atoms with Gasteiger partial charge in [0.25, 0.3) is 5.91 Å². The maximum atomic E-state index is 12.3. The van der Waals surface area contributed by atoms with Gasteiger partial charge in [-0.15, -0.1) is 17.9 Å². The molecule has 0 saturated carbocycles. The standard InChI is InChI=1S/C16H18N2O2S2/c1-2-8-18(11-14-4-3-9-22-14)15(19)5-7-17-16(20)13-6-10-21-12-13/h2-4,6,9-10,12H,1,5,7-8,11H2,(H,17,20). The van der Waals surface area contributed by atoms with E-state index in [2.05, 4.69) is 11.9 Å². The van der Waals surface area contributed by atoms with Gasteiger partial charge in [-0.05, 0) is 22.9 Å². The van der Waals surface area contributed by atoms with E-state index < -0.39 is 0 Å². The molecule has 1 N–H and O–H groups in total. The first-order chi connectivity index (χ1) is 10.7. The summed E-state index contributed by atoms with van der Waals surface area (Å²) in [5, 5.41) is 8.41. The molecule has 2 heterocycles. The summed E-state index contributed by atoms with van der Waals surface area (Å²) < 4.78 is 0. The molecule has 22 heavy (non-hydrogen) atoms. The van der Waals surface area contributed by atoms with Crippen molar-refractivity contribution >= 4 is 34.5 Å². The van der Waals surface area contributed by atoms with E-state index in [1.165, 1.54) is 11.3 Å². The van der Waals surface area contributed by atoms with Crippen molar-refractivity contribution < 1.29 is 9.59 Å². The van der Waals surface area contributed by atoms with Crippen LogP contribution in [0.4, 0.5) is 0 Å². The SMILES string of the molecule is C=CCN(Cc1cccs1)C(=O)CCNC(=O)c1ccsc1. The lowest BCUT2D eigenvalue weighted by atomic mass is 10.3. The molecule has 2 amide bonds. The Morgan fingerprint density at radius 2 is 2.18 bits per heavy atom. The molecule has 6 heteroatoms. The molecule has 116 valence electrons. The summed E-state index contributed by atoms with van der Waals surface area (Å²) in [4.78, 5) is 26.9. The number of rotatable bonds is 8. The summed E-state index contributed by atoms with van der Waals surface area (Å²) in [6, 6.07) is 5.74. The second-order valence-corrected chi connectivity index (χ2v) is 6.47. The van der Waals surface area contributed by atoms with E-state index >= 15 is 0 Å². The molecule has 2 aromatic heterocycles. The maximum absolute atomic E-state index is 12.3. The summed E-state index contributed by atoms with van der Waals surface area (Å²) in [6.45, 7) is 5.13. The normalized spacial score (nSPS) is 10.2. The van der Waals surface area contributed by atoms with Crippen molar-refractivity contribution in [2.24, 2.45) is 0 Å². The first-order valence-corrected chi connectivity index (χ1v) is 8.74. The molecule has 0 fully saturated rings. The van der Waals surface area contributed by atoms with Crippen molar-refractivity contribution in [2.45, 2.75) is 13.0 Å². The molecule has 0 aliphatic carbocycles. The summed E-state index contributed by atoms with van der Waals surface area (Å²) in [5.74, 6) is -0.124. The van der Waals surface area contributed by atoms with Crippen LogP contribution in [0.3, 0.4) is 0 Å². The molecule has 4 nitrogen and oxygen atoms in total. The number of amides is 2. The molecular weight excluding hydrogens is 316 g/mol. The van der Waals surface area contributed by atoms with E-state index in [-0.39, 0.29) is 18.2 Å². The minimum atomic E-state index is -0.137. The van der Waals surface area contributed by atoms with Gasteiger partial charge in [0.2, 0.25) is 5.91 Å². The highest BCUT2D eigenvalue weighted by atomic mass is 32.1. The Labute approximate surface area is 138 Å². The van der Waals surface area contributed by atoms with Gasteiger partial charge in [0.05, 0.1) is 6.54 Å². The molecular formula is C16H18N2O2S2. The third kappa shape index (κ3) is 4.82. The molecule has 0 unspecified atom stereocenters. The molecule has 2 aromatic rings. The Hall–Kier alpha value is -1.92. The molecule has 0 aliphatic heterocycles. The van der Waals surface area contributed by atoms with Crippen LogP contribution in [0, 0.1) is 0 Å². The summed E-state index contributed by atoms with van der Waals surface area (Å²) in [5.41, 5.74) is 0.638. The number of thiophene rings is 2. The zero-order chi connectivity index (χ0) is 15.8. The van der Waals surface area contributed by atoms with Gasteiger partial charge in [-0.25, -0.2) is 0 Å². The fourth-order valence-electron chi connectivity index (χ4n) is 1.94. The van der Waals surface area contributed by atoms with Gasteiger partial charge < -0.3 is 10.2 Å². The number of nitrogens with zero attached hydrogens (tertiary/aromatic N) is 1. The highest BCUT2D eigenvalue weighted by Gasteiger charge is 2.14. The van der Waals surface area contributed by atoms with Gasteiger partial charge in [-0.3, -0.25) is 9.59 Å². The minimum Gasteiger partial charge on any atom is -0.351 e. The first-order valence-electron chi connectivity index (χ1n) is 6.92. The Morgan fingerprint density at radius 3 is 2.82 bits per heavy atom. The average molecular weight is 334 g/mol. The molecule has 0 radical (unpaired) electrons. The van der Waals surface area contributed by atoms with Crippen molar-refractivity contribution in [3.63, 3.8) is 0 Å². The molecule has 0 saturated heterocycles. The van der Waals surface area contributed by atoms with Crippen molar-refractivity contribution in [1.82, 2.24) is 10.2 Å². The van der Waals surface area contributed by atoms with Crippen LogP contribution in [-0.4, -0.2) is 29.8 Å². The zero-order valence-electron chi connectivity index (χ0n) is 12.2. The Morgan fingerprint density at radius 1 is 1.32 bits per heavy atom. The molecule has 0 spiro atoms. The molecule has 0 bridgehead atoms. The third-order valence-corrected chi connectivity index (χ3v) is 4.58. The van der Waals surface area contributed by atoms with Gasteiger partial charge in [-0.2, -0.15) is 11.3 Å². The predicted molar refractivity (Wildman–Crippen MR) is 91.2 cm³/mol. The van der Waals surface area contributed by atoms with E-state index in [0.717, 1.165) is 4.88 Å². The van der Waals surface area contributed by atoms with E-state index in [0.29, 0.717) is 25.2 Å². The van der Waals surface area contributed by atoms with Gasteiger partial charge in [-0.1, -0.05) is 12.1 Å². The van der Waals surface area contributed by atoms with Crippen molar-refractivity contribution in [3.8, 4) is 0 Å². The monoisotopic (exact) mass is 334 g/mol. The van der Waals surface area contributed by atoms with Gasteiger partial charge in [0, 0.05) is 35.3 Å². The lowest BCUT2D eigenvalue weighted by molar-refractivity contribution is -0.131. The van der Waals surface area contributed by atoms with Crippen LogP contribution in [0.25, 0.3) is 0 Å². The van der Waals surface area contributed by atoms with E-state index in [1.54, 1.807) is 33.8 Å². The summed E-state index contributed by atoms with van der Waals surface area (Å²) in [6.07, 6.45) is 2.00. The molecule has 0 aliphatic rings. The van der Waals surface area contributed by atoms with Crippen molar-refractivity contribution in [1.29, 1.82) is 0 Å². The number of hydrogen-bond donors (Lipinski definition) is 1. The minimum absolute atomic E-state index is 0.0129. The number of nitrogens with one attached hydrogen (secondary N) is 1. The van der Waals surface area contributed by atoms with Crippen LogP contribution in [0.5, 0.6) is 0 Å². The fraction of sp³-hybridized carbons (Fsp3) is 0.250. The first kappa shape index (κ1) is 16.5. The Kier molecular flexibility index (Phi) is 6.36. The van der Waals surface area contributed by atoms with Crippen LogP contribution in [0.1, 0.15) is 21.7 Å². The molecule has 0 aromatic carbocycles. The Bertz CT molecular complexity index is 606. The third-order valence-electron chi connectivity index (χ3n) is 3.04. The van der Waals surface area contributed by atoms with Crippen molar-refractivity contribution in [2.75, 3.05) is 13.1 Å². The van der Waals surface area contributed by atoms with Crippen LogP contribution in [0.2, 0.25) is 0 Å². The van der Waals surface area contributed by atoms with Gasteiger partial charge in [0.15, 0.2) is 0 Å². The fourth-order valence-corrected chi connectivity index (χ4v) is 3.29. The zero-order valence-corrected chi connectivity index (χ0v) is 13.8. The smallest absolute Gasteiger partial charge is 0.252 e. The van der Waals surface area contributed by atoms with E-state index in [1.807, 2.05) is 22.9 Å². The highest BCUT2D eigenvalue weighted by molar-refractivity contribution is 7.09. The number of carbonyl (C=O) groups excluding carboxylic acids is 2. The topological polar surface area (TPSA) is 49.4 Å².